The summed E-state index contributed by atoms with van der Waals surface area (Å²) < 4.78 is 1.87. The minimum absolute atomic E-state index is 0.506. The van der Waals surface area contributed by atoms with Crippen molar-refractivity contribution in [2.45, 2.75) is 13.3 Å². The minimum Gasteiger partial charge on any atom is -0.357 e. The molecule has 0 spiro atoms. The summed E-state index contributed by atoms with van der Waals surface area (Å²) in [5, 5.41) is 3.39. The summed E-state index contributed by atoms with van der Waals surface area (Å²) in [5.41, 5.74) is 0. The highest BCUT2D eigenvalue weighted by atomic mass is 35.5. The van der Waals surface area contributed by atoms with Crippen LogP contribution >= 0.6 is 11.6 Å². The van der Waals surface area contributed by atoms with Gasteiger partial charge < -0.3 is 5.32 Å². The van der Waals surface area contributed by atoms with Crippen molar-refractivity contribution in [3.05, 3.63) is 29.4 Å². The van der Waals surface area contributed by atoms with Gasteiger partial charge in [0.2, 0.25) is 5.95 Å². The van der Waals surface area contributed by atoms with Crippen LogP contribution in [0.2, 0.25) is 5.02 Å². The third-order valence-electron chi connectivity index (χ3n) is 2.21. The van der Waals surface area contributed by atoms with E-state index in [4.69, 9.17) is 11.6 Å². The molecular weight excluding hydrogens is 226 g/mol. The van der Waals surface area contributed by atoms with Gasteiger partial charge in [-0.1, -0.05) is 18.5 Å². The molecule has 0 bridgehead atoms. The smallest absolute Gasteiger partial charge is 0.224 e. The molecule has 2 rings (SSSR count). The van der Waals surface area contributed by atoms with Crippen molar-refractivity contribution in [2.75, 3.05) is 12.4 Å². The van der Waals surface area contributed by atoms with E-state index in [9.17, 15) is 0 Å². The van der Waals surface area contributed by atoms with Gasteiger partial charge in [-0.3, -0.25) is 4.57 Å². The molecule has 0 aromatic carbocycles. The molecular formula is C10H12ClN5. The Bertz CT molecular complexity index is 494. The van der Waals surface area contributed by atoms with Crippen molar-refractivity contribution < 1.29 is 0 Å². The lowest BCUT2D eigenvalue weighted by Gasteiger charge is -2.08. The number of rotatable bonds is 3. The predicted octanol–water partition coefficient (Wildman–Crippen LogP) is 1.92. The van der Waals surface area contributed by atoms with E-state index in [1.807, 2.05) is 17.7 Å². The van der Waals surface area contributed by atoms with Crippen LogP contribution in [0.3, 0.4) is 0 Å². The molecule has 0 saturated carbocycles. The van der Waals surface area contributed by atoms with Crippen LogP contribution < -0.4 is 5.32 Å². The Hall–Kier alpha value is -1.62. The summed E-state index contributed by atoms with van der Waals surface area (Å²) in [6.07, 6.45) is 5.97. The molecule has 0 aliphatic heterocycles. The number of anilines is 1. The van der Waals surface area contributed by atoms with Gasteiger partial charge in [-0.2, -0.15) is 4.98 Å². The Kier molecular flexibility index (Phi) is 3.05. The number of hydrogen-bond acceptors (Lipinski definition) is 4. The highest BCUT2D eigenvalue weighted by Gasteiger charge is 2.10. The van der Waals surface area contributed by atoms with Crippen LogP contribution in [-0.2, 0) is 6.42 Å². The predicted molar refractivity (Wildman–Crippen MR) is 63.1 cm³/mol. The normalized spacial score (nSPS) is 10.4. The first-order chi connectivity index (χ1) is 7.76. The van der Waals surface area contributed by atoms with Gasteiger partial charge in [0, 0.05) is 25.9 Å². The second kappa shape index (κ2) is 4.49. The molecule has 16 heavy (non-hydrogen) atoms. The lowest BCUT2D eigenvalue weighted by Crippen LogP contribution is -2.05. The van der Waals surface area contributed by atoms with Crippen molar-refractivity contribution in [3.63, 3.8) is 0 Å². The van der Waals surface area contributed by atoms with E-state index in [2.05, 4.69) is 20.3 Å². The number of aryl methyl sites for hydroxylation is 1. The van der Waals surface area contributed by atoms with Crippen molar-refractivity contribution in [2.24, 2.45) is 0 Å². The van der Waals surface area contributed by atoms with E-state index in [1.165, 1.54) is 0 Å². The zero-order valence-electron chi connectivity index (χ0n) is 9.11. The van der Waals surface area contributed by atoms with Crippen LogP contribution in [-0.4, -0.2) is 26.6 Å². The number of nitrogens with zero attached hydrogens (tertiary/aromatic N) is 4. The largest absolute Gasteiger partial charge is 0.357 e. The molecule has 0 aliphatic rings. The molecule has 0 amide bonds. The van der Waals surface area contributed by atoms with E-state index in [0.717, 1.165) is 12.2 Å². The van der Waals surface area contributed by atoms with E-state index >= 15 is 0 Å². The van der Waals surface area contributed by atoms with Gasteiger partial charge in [0.1, 0.15) is 10.8 Å². The van der Waals surface area contributed by atoms with Crippen LogP contribution in [0.1, 0.15) is 12.7 Å². The highest BCUT2D eigenvalue weighted by Crippen LogP contribution is 2.19. The third kappa shape index (κ3) is 1.86. The Balaban J connectivity index is 2.54. The average molecular weight is 238 g/mol. The molecule has 1 N–H and O–H groups in total. The van der Waals surface area contributed by atoms with E-state index in [-0.39, 0.29) is 0 Å². The van der Waals surface area contributed by atoms with Gasteiger partial charge in [0.25, 0.3) is 0 Å². The maximum absolute atomic E-state index is 6.07. The monoisotopic (exact) mass is 237 g/mol. The van der Waals surface area contributed by atoms with Gasteiger partial charge >= 0.3 is 0 Å². The molecule has 0 atom stereocenters. The molecule has 84 valence electrons. The van der Waals surface area contributed by atoms with Crippen LogP contribution in [0.4, 0.5) is 5.95 Å². The summed E-state index contributed by atoms with van der Waals surface area (Å²) in [7, 11) is 1.77. The van der Waals surface area contributed by atoms with Crippen molar-refractivity contribution in [1.29, 1.82) is 0 Å². The Morgan fingerprint density at radius 2 is 2.25 bits per heavy atom. The van der Waals surface area contributed by atoms with E-state index in [0.29, 0.717) is 16.8 Å². The summed E-state index contributed by atoms with van der Waals surface area (Å²) in [6.45, 7) is 2.03. The average Bonchev–Trinajstić information content (AvgIpc) is 2.77. The summed E-state index contributed by atoms with van der Waals surface area (Å²) >= 11 is 6.07. The van der Waals surface area contributed by atoms with Crippen molar-refractivity contribution in [3.8, 4) is 5.82 Å². The second-order valence-corrected chi connectivity index (χ2v) is 3.59. The Morgan fingerprint density at radius 1 is 1.44 bits per heavy atom. The topological polar surface area (TPSA) is 55.6 Å². The molecule has 2 aromatic rings. The second-order valence-electron chi connectivity index (χ2n) is 3.18. The maximum atomic E-state index is 6.07. The summed E-state index contributed by atoms with van der Waals surface area (Å²) in [5.74, 6) is 2.10. The molecule has 5 nitrogen and oxygen atoms in total. The van der Waals surface area contributed by atoms with Gasteiger partial charge in [0.05, 0.1) is 6.20 Å². The van der Waals surface area contributed by atoms with Crippen LogP contribution in [0.15, 0.2) is 18.6 Å². The van der Waals surface area contributed by atoms with Crippen LogP contribution in [0.25, 0.3) is 5.82 Å². The van der Waals surface area contributed by atoms with Gasteiger partial charge in [-0.25, -0.2) is 9.97 Å². The van der Waals surface area contributed by atoms with E-state index in [1.54, 1.807) is 19.4 Å². The molecule has 2 heterocycles. The molecule has 0 aliphatic carbocycles. The lowest BCUT2D eigenvalue weighted by molar-refractivity contribution is 0.863. The van der Waals surface area contributed by atoms with Crippen molar-refractivity contribution in [1.82, 2.24) is 19.5 Å². The molecule has 0 unspecified atom stereocenters. The van der Waals surface area contributed by atoms with Crippen molar-refractivity contribution >= 4 is 17.5 Å². The van der Waals surface area contributed by atoms with Crippen LogP contribution in [0, 0.1) is 0 Å². The first kappa shape index (κ1) is 10.9. The molecule has 6 heteroatoms. The lowest BCUT2D eigenvalue weighted by atomic mass is 10.4. The highest BCUT2D eigenvalue weighted by molar-refractivity contribution is 6.32. The number of nitrogens with one attached hydrogen (secondary N) is 1. The quantitative estimate of drug-likeness (QED) is 0.886. The fourth-order valence-corrected chi connectivity index (χ4v) is 1.62. The van der Waals surface area contributed by atoms with Gasteiger partial charge in [-0.05, 0) is 0 Å². The maximum Gasteiger partial charge on any atom is 0.224 e. The molecule has 0 fully saturated rings. The first-order valence-electron chi connectivity index (χ1n) is 4.99. The fourth-order valence-electron chi connectivity index (χ4n) is 1.44. The zero-order chi connectivity index (χ0) is 11.5. The van der Waals surface area contributed by atoms with E-state index < -0.39 is 0 Å². The SMILES string of the molecule is CCc1nccn1-c1nc(NC)ncc1Cl. The number of aromatic nitrogens is 4. The number of halogens is 1. The van der Waals surface area contributed by atoms with Gasteiger partial charge in [0.15, 0.2) is 5.82 Å². The molecule has 0 saturated heterocycles. The molecule has 2 aromatic heterocycles. The number of imidazole rings is 1. The Morgan fingerprint density at radius 3 is 2.94 bits per heavy atom. The third-order valence-corrected chi connectivity index (χ3v) is 2.48. The minimum atomic E-state index is 0.506. The van der Waals surface area contributed by atoms with Gasteiger partial charge in [-0.15, -0.1) is 0 Å². The fraction of sp³-hybridized carbons (Fsp3) is 0.300. The zero-order valence-corrected chi connectivity index (χ0v) is 9.86. The standard InChI is InChI=1S/C10H12ClN5/c1-3-8-13-4-5-16(8)9-7(11)6-14-10(12-2)15-9/h4-6H,3H2,1-2H3,(H,12,14,15). The molecule has 0 radical (unpaired) electrons. The van der Waals surface area contributed by atoms with Crippen LogP contribution in [0.5, 0.6) is 0 Å². The Labute approximate surface area is 98.5 Å². The summed E-state index contributed by atoms with van der Waals surface area (Å²) in [4.78, 5) is 12.6. The first-order valence-corrected chi connectivity index (χ1v) is 5.37. The number of hydrogen-bond donors (Lipinski definition) is 1. The summed E-state index contributed by atoms with van der Waals surface area (Å²) in [6, 6.07) is 0.